The molecule has 1 spiro atoms. The second kappa shape index (κ2) is 23.6. The van der Waals surface area contributed by atoms with Gasteiger partial charge in [-0.3, -0.25) is 18.7 Å². The van der Waals surface area contributed by atoms with Gasteiger partial charge in [0, 0.05) is 18.9 Å². The molecule has 27 atom stereocenters. The molecule has 8 fully saturated rings. The van der Waals surface area contributed by atoms with Gasteiger partial charge in [-0.2, -0.15) is 16.8 Å². The van der Waals surface area contributed by atoms with Crippen molar-refractivity contribution in [1.29, 1.82) is 0 Å². The number of Topliss-reactive ketones (excluding diaryl/α,β-unsaturated/α-hetero) is 1. The van der Waals surface area contributed by atoms with Crippen LogP contribution in [0.4, 0.5) is 0 Å². The Morgan fingerprint density at radius 3 is 2.00 bits per heavy atom. The molecule has 0 aromatic carbocycles. The van der Waals surface area contributed by atoms with Crippen molar-refractivity contribution in [2.45, 2.75) is 242 Å². The second-order valence-electron chi connectivity index (χ2n) is 25.8. The summed E-state index contributed by atoms with van der Waals surface area (Å²) in [6.45, 7) is 17.4. The van der Waals surface area contributed by atoms with E-state index in [2.05, 4.69) is 44.5 Å². The molecule has 83 heavy (non-hydrogen) atoms. The molecule has 474 valence electrons. The number of ketones is 1. The molecule has 5 aliphatic heterocycles. The number of carbonyl (C=O) groups is 2. The summed E-state index contributed by atoms with van der Waals surface area (Å²) in [6.07, 6.45) is -26.3. The maximum absolute atomic E-state index is 14.4. The smallest absolute Gasteiger partial charge is 0.397 e. The van der Waals surface area contributed by atoms with Crippen LogP contribution in [0.5, 0.6) is 0 Å². The van der Waals surface area contributed by atoms with Crippen molar-refractivity contribution >= 4 is 32.6 Å². The highest BCUT2D eigenvalue weighted by atomic mass is 32.3. The van der Waals surface area contributed by atoms with Crippen LogP contribution < -0.4 is 0 Å². The van der Waals surface area contributed by atoms with Gasteiger partial charge in [-0.05, 0) is 102 Å². The van der Waals surface area contributed by atoms with Gasteiger partial charge in [0.25, 0.3) is 0 Å². The van der Waals surface area contributed by atoms with Crippen LogP contribution in [-0.4, -0.2) is 222 Å². The number of rotatable bonds is 18. The number of aliphatic hydroxyl groups excluding tert-OH is 7. The first-order chi connectivity index (χ1) is 38.5. The van der Waals surface area contributed by atoms with Crippen LogP contribution in [0.2, 0.25) is 0 Å². The highest BCUT2D eigenvalue weighted by Gasteiger charge is 2.79. The van der Waals surface area contributed by atoms with Crippen molar-refractivity contribution in [1.82, 2.24) is 0 Å². The third-order valence-corrected chi connectivity index (χ3v) is 21.2. The van der Waals surface area contributed by atoms with Crippen LogP contribution in [0.25, 0.3) is 0 Å². The second-order valence-corrected chi connectivity index (χ2v) is 27.9. The molecule has 9 rings (SSSR count). The summed E-state index contributed by atoms with van der Waals surface area (Å²) in [6, 6.07) is 0. The molecule has 9 aliphatic rings. The van der Waals surface area contributed by atoms with Gasteiger partial charge < -0.3 is 83.1 Å². The van der Waals surface area contributed by atoms with Crippen molar-refractivity contribution in [3.05, 3.63) is 23.8 Å². The number of methoxy groups -OCH3 is 1. The van der Waals surface area contributed by atoms with Gasteiger partial charge in [0.15, 0.2) is 25.2 Å². The highest BCUT2D eigenvalue weighted by molar-refractivity contribution is 7.81. The van der Waals surface area contributed by atoms with Crippen molar-refractivity contribution in [3.63, 3.8) is 0 Å². The standard InChI is InChI=1S/C54H84O27S2/c1-23(2)12-11-17-53(9)44-28(55)20-52(8)27-13-14-31-50(5,6)32(16-18-51(31,7)26(27)15-19-54(44,52)49(63)80-53)76-48-43(35(58)30(21-71-48)81-83(67,68)69)79-45-37(60)36(59)40(25(4)74-45)77-47-39(62)42(34(57)29(75-47)22-72-82(64,65)66)78-46-38(61)41(70-10)33(56)24(3)73-46/h13,24-26,29-48,56-62H,1,11-12,14-22H2,2-10H3,(H,64,65,66)(H,67,68,69). The maximum Gasteiger partial charge on any atom is 0.397 e. The van der Waals surface area contributed by atoms with Gasteiger partial charge in [0.1, 0.15) is 90.7 Å². The zero-order valence-corrected chi connectivity index (χ0v) is 49.7. The molecule has 0 bridgehead atoms. The average molecular weight is 1230 g/mol. The summed E-state index contributed by atoms with van der Waals surface area (Å²) in [5.41, 5.74) is -1.57. The number of ether oxygens (including phenoxy) is 10. The first kappa shape index (κ1) is 65.2. The maximum atomic E-state index is 14.4. The van der Waals surface area contributed by atoms with Crippen LogP contribution in [0.3, 0.4) is 0 Å². The molecule has 9 N–H and O–H groups in total. The molecule has 4 aliphatic carbocycles. The first-order valence-electron chi connectivity index (χ1n) is 28.4. The van der Waals surface area contributed by atoms with Crippen molar-refractivity contribution in [3.8, 4) is 0 Å². The summed E-state index contributed by atoms with van der Waals surface area (Å²) in [5, 5.41) is 79.6. The topological polar surface area (TPSA) is 395 Å². The van der Waals surface area contributed by atoms with E-state index in [1.165, 1.54) is 21.0 Å². The van der Waals surface area contributed by atoms with E-state index in [0.29, 0.717) is 38.5 Å². The van der Waals surface area contributed by atoms with Crippen LogP contribution >= 0.6 is 0 Å². The minimum atomic E-state index is -5.21. The van der Waals surface area contributed by atoms with E-state index in [9.17, 15) is 71.3 Å². The number of cyclic esters (lactones) is 1. The fourth-order valence-corrected chi connectivity index (χ4v) is 16.9. The summed E-state index contributed by atoms with van der Waals surface area (Å²) in [5.74, 6) is -0.874. The van der Waals surface area contributed by atoms with E-state index in [-0.39, 0.29) is 35.4 Å². The molecular formula is C54H84O27S2. The molecule has 0 aromatic heterocycles. The Kier molecular flexibility index (Phi) is 18.5. The highest BCUT2D eigenvalue weighted by Crippen LogP contribution is 2.75. The number of fused-ring (bicyclic) bond motifs is 4. The van der Waals surface area contributed by atoms with Gasteiger partial charge in [-0.25, -0.2) is 8.37 Å². The Hall–Kier alpha value is -2.28. The minimum absolute atomic E-state index is 0.00373. The predicted molar refractivity (Wildman–Crippen MR) is 280 cm³/mol. The van der Waals surface area contributed by atoms with E-state index in [4.69, 9.17) is 51.6 Å². The van der Waals surface area contributed by atoms with E-state index in [1.54, 1.807) is 0 Å². The Labute approximate surface area is 483 Å². The van der Waals surface area contributed by atoms with Crippen molar-refractivity contribution in [2.24, 2.45) is 39.4 Å². The number of hydrogen-bond acceptors (Lipinski definition) is 25. The number of esters is 1. The van der Waals surface area contributed by atoms with Crippen LogP contribution in [-0.2, 0) is 86.1 Å². The van der Waals surface area contributed by atoms with E-state index < -0.39 is 185 Å². The SMILES string of the molecule is C=C(C)CCCC1(C)OC(=O)C23CCC4C(=CCC5C(C)(C)C(OC6OCC(OS(=O)(=O)O)C(O)C6OC6OC(C)C(OC7OC(COS(=O)(=O)O)C(O)C(OC8OC(C)C(O)C(OC)C8O)C7O)C(O)C6O)CCC45C)C2(C)CC(=O)C13. The van der Waals surface area contributed by atoms with Gasteiger partial charge in [-0.1, -0.05) is 44.9 Å². The third-order valence-electron chi connectivity index (χ3n) is 20.3. The zero-order chi connectivity index (χ0) is 61.1. The number of aliphatic hydroxyl groups is 7. The number of allylic oxidation sites excluding steroid dienone is 3. The van der Waals surface area contributed by atoms with Crippen molar-refractivity contribution in [2.75, 3.05) is 20.3 Å². The molecule has 0 amide bonds. The summed E-state index contributed by atoms with van der Waals surface area (Å²) >= 11 is 0. The summed E-state index contributed by atoms with van der Waals surface area (Å²) in [4.78, 5) is 28.7. The largest absolute Gasteiger partial charge is 0.458 e. The minimum Gasteiger partial charge on any atom is -0.458 e. The predicted octanol–water partition coefficient (Wildman–Crippen LogP) is 0.473. The lowest BCUT2D eigenvalue weighted by Gasteiger charge is -2.63. The number of hydrogen-bond donors (Lipinski definition) is 9. The monoisotopic (exact) mass is 1230 g/mol. The lowest BCUT2D eigenvalue weighted by atomic mass is 9.41. The molecule has 27 nitrogen and oxygen atoms in total. The Morgan fingerprint density at radius 2 is 1.35 bits per heavy atom. The lowest BCUT2D eigenvalue weighted by Crippen LogP contribution is -2.67. The van der Waals surface area contributed by atoms with Crippen LogP contribution in [0.1, 0.15) is 113 Å². The fourth-order valence-electron chi connectivity index (χ4n) is 16.1. The molecule has 5 heterocycles. The molecule has 29 heteroatoms. The van der Waals surface area contributed by atoms with Crippen LogP contribution in [0.15, 0.2) is 23.8 Å². The van der Waals surface area contributed by atoms with E-state index >= 15 is 0 Å². The lowest BCUT2D eigenvalue weighted by molar-refractivity contribution is -0.388. The quantitative estimate of drug-likeness (QED) is 0.0512. The van der Waals surface area contributed by atoms with Gasteiger partial charge in [0.05, 0.1) is 42.9 Å². The van der Waals surface area contributed by atoms with E-state index in [1.807, 2.05) is 13.8 Å². The first-order valence-corrected chi connectivity index (χ1v) is 31.1. The number of carbonyl (C=O) groups excluding carboxylic acids is 2. The van der Waals surface area contributed by atoms with Crippen LogP contribution in [0, 0.1) is 39.4 Å². The molecular weight excluding hydrogens is 1140 g/mol. The molecule has 27 unspecified atom stereocenters. The van der Waals surface area contributed by atoms with Gasteiger partial charge in [-0.15, -0.1) is 6.58 Å². The summed E-state index contributed by atoms with van der Waals surface area (Å²) < 4.78 is 135. The van der Waals surface area contributed by atoms with Gasteiger partial charge in [0.2, 0.25) is 0 Å². The Balaban J connectivity index is 0.916. The van der Waals surface area contributed by atoms with Crippen molar-refractivity contribution < 1.29 is 127 Å². The molecule has 0 aromatic rings. The zero-order valence-electron chi connectivity index (χ0n) is 48.0. The normalized spacial score (nSPS) is 49.0. The fraction of sp³-hybridized carbons (Fsp3) is 0.889. The summed E-state index contributed by atoms with van der Waals surface area (Å²) in [7, 11) is -9.16. The third kappa shape index (κ3) is 11.7. The van der Waals surface area contributed by atoms with E-state index in [0.717, 1.165) is 24.0 Å². The molecule has 0 radical (unpaired) electrons. The molecule has 3 saturated carbocycles. The average Bonchev–Trinajstić information content (AvgIpc) is 1.58. The molecule has 5 saturated heterocycles. The Morgan fingerprint density at radius 1 is 0.723 bits per heavy atom. The van der Waals surface area contributed by atoms with Gasteiger partial charge >= 0.3 is 26.8 Å². The Bertz CT molecular complexity index is 2680.